The molecule has 0 radical (unpaired) electrons. The highest BCUT2D eigenvalue weighted by Gasteiger charge is 2.30. The number of piperidine rings is 1. The molecule has 2 aliphatic heterocycles. The molecule has 34 heavy (non-hydrogen) atoms. The van der Waals surface area contributed by atoms with Gasteiger partial charge in [0.05, 0.1) is 5.52 Å². The summed E-state index contributed by atoms with van der Waals surface area (Å²) in [6, 6.07) is 6.94. The topological polar surface area (TPSA) is 73.7 Å². The first-order valence-electron chi connectivity index (χ1n) is 12.2. The maximum Gasteiger partial charge on any atom is 0.333 e. The van der Waals surface area contributed by atoms with Crippen molar-refractivity contribution in [3.63, 3.8) is 0 Å². The predicted molar refractivity (Wildman–Crippen MR) is 126 cm³/mol. The Morgan fingerprint density at radius 2 is 1.85 bits per heavy atom. The minimum Gasteiger partial charge on any atom is -0.348 e. The zero-order valence-electron chi connectivity index (χ0n) is 19.9. The summed E-state index contributed by atoms with van der Waals surface area (Å²) in [4.78, 5) is 31.3. The molecule has 2 saturated heterocycles. The molecule has 3 heterocycles. The van der Waals surface area contributed by atoms with E-state index >= 15 is 0 Å². The van der Waals surface area contributed by atoms with Crippen molar-refractivity contribution in [2.24, 2.45) is 0 Å². The summed E-state index contributed by atoms with van der Waals surface area (Å²) in [7, 11) is 0. The summed E-state index contributed by atoms with van der Waals surface area (Å²) < 4.78 is 27.4. The maximum absolute atomic E-state index is 13.4. The first kappa shape index (κ1) is 24.5. The number of alkyl halides is 2. The number of aromatic nitrogens is 2. The van der Waals surface area contributed by atoms with Crippen LogP contribution >= 0.6 is 0 Å². The van der Waals surface area contributed by atoms with Gasteiger partial charge in [-0.1, -0.05) is 25.1 Å². The van der Waals surface area contributed by atoms with Gasteiger partial charge >= 0.3 is 6.55 Å². The first-order chi connectivity index (χ1) is 16.4. The standard InChI is InChI=1S/C24H34F2N6O2/c1-3-19-16-18(8-9-31(19)15-12-29-10-13-30(14-11-29)17(2)33)27-23(34)22-20-6-4-5-7-21(20)32(28-22)24(25)26/h4-7,18-19,24H,3,8-16H2,1-2H3,(H,27,34)/t18?,19-/m1/s1. The van der Waals surface area contributed by atoms with Crippen LogP contribution < -0.4 is 5.32 Å². The number of benzene rings is 1. The van der Waals surface area contributed by atoms with Crippen LogP contribution in [0.3, 0.4) is 0 Å². The van der Waals surface area contributed by atoms with Gasteiger partial charge < -0.3 is 10.2 Å². The van der Waals surface area contributed by atoms with Crippen molar-refractivity contribution in [2.75, 3.05) is 45.8 Å². The number of hydrogen-bond acceptors (Lipinski definition) is 5. The van der Waals surface area contributed by atoms with Crippen LogP contribution in [0.5, 0.6) is 0 Å². The van der Waals surface area contributed by atoms with Crippen LogP contribution in [0.15, 0.2) is 24.3 Å². The van der Waals surface area contributed by atoms with E-state index in [1.54, 1.807) is 31.2 Å². The molecular formula is C24H34F2N6O2. The maximum atomic E-state index is 13.4. The molecule has 186 valence electrons. The van der Waals surface area contributed by atoms with E-state index in [1.807, 2.05) is 4.90 Å². The van der Waals surface area contributed by atoms with Crippen LogP contribution in [0.4, 0.5) is 8.78 Å². The molecule has 0 bridgehead atoms. The SMILES string of the molecule is CC[C@@H]1CC(NC(=O)c2nn(C(F)F)c3ccccc23)CCN1CCN1CCN(C(C)=O)CC1. The number of amides is 2. The first-order valence-corrected chi connectivity index (χ1v) is 12.2. The molecule has 1 unspecified atom stereocenters. The molecular weight excluding hydrogens is 442 g/mol. The summed E-state index contributed by atoms with van der Waals surface area (Å²) in [5, 5.41) is 7.41. The molecule has 1 N–H and O–H groups in total. The normalized spacial score (nSPS) is 22.4. The smallest absolute Gasteiger partial charge is 0.333 e. The molecule has 2 atom stereocenters. The predicted octanol–water partition coefficient (Wildman–Crippen LogP) is 2.57. The van der Waals surface area contributed by atoms with Gasteiger partial charge in [0.2, 0.25) is 5.91 Å². The Morgan fingerprint density at radius 3 is 2.53 bits per heavy atom. The van der Waals surface area contributed by atoms with E-state index in [-0.39, 0.29) is 23.2 Å². The zero-order valence-corrected chi connectivity index (χ0v) is 19.9. The van der Waals surface area contributed by atoms with Crippen molar-refractivity contribution in [1.29, 1.82) is 0 Å². The monoisotopic (exact) mass is 476 g/mol. The Hall–Kier alpha value is -2.59. The van der Waals surface area contributed by atoms with Crippen LogP contribution in [0, 0.1) is 0 Å². The lowest BCUT2D eigenvalue weighted by atomic mass is 9.95. The quantitative estimate of drug-likeness (QED) is 0.665. The highest BCUT2D eigenvalue weighted by Crippen LogP contribution is 2.25. The second kappa shape index (κ2) is 10.8. The Labute approximate surface area is 198 Å². The van der Waals surface area contributed by atoms with Gasteiger partial charge in [-0.3, -0.25) is 19.4 Å². The molecule has 10 heteroatoms. The summed E-state index contributed by atoms with van der Waals surface area (Å²) in [5.41, 5.74) is 0.309. The Morgan fingerprint density at radius 1 is 1.12 bits per heavy atom. The van der Waals surface area contributed by atoms with E-state index in [4.69, 9.17) is 0 Å². The number of hydrogen-bond donors (Lipinski definition) is 1. The van der Waals surface area contributed by atoms with E-state index in [2.05, 4.69) is 27.1 Å². The largest absolute Gasteiger partial charge is 0.348 e. The van der Waals surface area contributed by atoms with Crippen molar-refractivity contribution in [1.82, 2.24) is 29.8 Å². The minimum atomic E-state index is -2.80. The number of nitrogens with one attached hydrogen (secondary N) is 1. The number of nitrogens with zero attached hydrogens (tertiary/aromatic N) is 5. The van der Waals surface area contributed by atoms with Gasteiger partial charge in [-0.05, 0) is 25.3 Å². The van der Waals surface area contributed by atoms with E-state index < -0.39 is 12.5 Å². The third-order valence-corrected chi connectivity index (χ3v) is 7.18. The fourth-order valence-corrected chi connectivity index (χ4v) is 5.17. The Bertz CT molecular complexity index is 1000. The van der Waals surface area contributed by atoms with Crippen LogP contribution in [0.1, 0.15) is 50.1 Å². The second-order valence-corrected chi connectivity index (χ2v) is 9.23. The van der Waals surface area contributed by atoms with Crippen LogP contribution in [0.25, 0.3) is 10.9 Å². The van der Waals surface area contributed by atoms with Gasteiger partial charge in [-0.25, -0.2) is 4.68 Å². The average Bonchev–Trinajstić information content (AvgIpc) is 3.23. The second-order valence-electron chi connectivity index (χ2n) is 9.23. The molecule has 0 aliphatic carbocycles. The van der Waals surface area contributed by atoms with Gasteiger partial charge in [-0.2, -0.15) is 13.9 Å². The highest BCUT2D eigenvalue weighted by atomic mass is 19.3. The summed E-state index contributed by atoms with van der Waals surface area (Å²) in [6.07, 6.45) is 2.62. The van der Waals surface area contributed by atoms with E-state index in [9.17, 15) is 18.4 Å². The van der Waals surface area contributed by atoms with Crippen LogP contribution in [-0.2, 0) is 4.79 Å². The van der Waals surface area contributed by atoms with E-state index in [1.165, 1.54) is 0 Å². The molecule has 1 aromatic heterocycles. The van der Waals surface area contributed by atoms with E-state index in [0.29, 0.717) is 16.1 Å². The van der Waals surface area contributed by atoms with Crippen LogP contribution in [-0.4, -0.2) is 94.2 Å². The number of carbonyl (C=O) groups is 2. The van der Waals surface area contributed by atoms with Crippen molar-refractivity contribution < 1.29 is 18.4 Å². The van der Waals surface area contributed by atoms with Gasteiger partial charge in [0.15, 0.2) is 5.69 Å². The van der Waals surface area contributed by atoms with Crippen molar-refractivity contribution >= 4 is 22.7 Å². The summed E-state index contributed by atoms with van der Waals surface area (Å²) in [5.74, 6) is -0.254. The molecule has 2 amide bonds. The van der Waals surface area contributed by atoms with Crippen molar-refractivity contribution in [3.05, 3.63) is 30.0 Å². The number of para-hydroxylation sites is 1. The average molecular weight is 477 g/mol. The third-order valence-electron chi connectivity index (χ3n) is 7.18. The zero-order chi connectivity index (χ0) is 24.2. The number of rotatable bonds is 7. The van der Waals surface area contributed by atoms with Crippen LogP contribution in [0.2, 0.25) is 0 Å². The lowest BCUT2D eigenvalue weighted by Gasteiger charge is -2.41. The molecule has 8 nitrogen and oxygen atoms in total. The van der Waals surface area contributed by atoms with Gasteiger partial charge in [0, 0.05) is 70.2 Å². The molecule has 4 rings (SSSR count). The van der Waals surface area contributed by atoms with Crippen molar-refractivity contribution in [3.8, 4) is 0 Å². The van der Waals surface area contributed by atoms with Gasteiger partial charge in [-0.15, -0.1) is 0 Å². The highest BCUT2D eigenvalue weighted by molar-refractivity contribution is 6.05. The molecule has 2 fully saturated rings. The van der Waals surface area contributed by atoms with Crippen molar-refractivity contribution in [2.45, 2.75) is 51.7 Å². The molecule has 0 spiro atoms. The lowest BCUT2D eigenvalue weighted by molar-refractivity contribution is -0.130. The number of likely N-dealkylation sites (tertiary alicyclic amines) is 1. The summed E-state index contributed by atoms with van der Waals surface area (Å²) in [6.45, 7) is 7.17. The fourth-order valence-electron chi connectivity index (χ4n) is 5.17. The summed E-state index contributed by atoms with van der Waals surface area (Å²) >= 11 is 0. The fraction of sp³-hybridized carbons (Fsp3) is 0.625. The van der Waals surface area contributed by atoms with Gasteiger partial charge in [0.1, 0.15) is 0 Å². The Kier molecular flexibility index (Phi) is 7.77. The Balaban J connectivity index is 1.32. The number of piperazine rings is 1. The number of halogens is 2. The van der Waals surface area contributed by atoms with E-state index in [0.717, 1.165) is 65.1 Å². The molecule has 2 aromatic rings. The number of fused-ring (bicyclic) bond motifs is 1. The molecule has 0 saturated carbocycles. The minimum absolute atomic E-state index is 0.0109. The molecule has 1 aromatic carbocycles. The third kappa shape index (κ3) is 5.38. The van der Waals surface area contributed by atoms with Gasteiger partial charge in [0.25, 0.3) is 5.91 Å². The lowest BCUT2D eigenvalue weighted by Crippen LogP contribution is -2.53. The molecule has 2 aliphatic rings. The number of carbonyl (C=O) groups excluding carboxylic acids is 2.